The number of hydrogen-bond acceptors (Lipinski definition) is 3. The van der Waals surface area contributed by atoms with E-state index in [1.807, 2.05) is 30.3 Å². The highest BCUT2D eigenvalue weighted by Crippen LogP contribution is 2.28. The molecule has 0 bridgehead atoms. The van der Waals surface area contributed by atoms with Crippen LogP contribution in [0.25, 0.3) is 0 Å². The minimum absolute atomic E-state index is 0.247. The first kappa shape index (κ1) is 15.4. The van der Waals surface area contributed by atoms with Gasteiger partial charge in [0, 0.05) is 12.8 Å². The number of H-pyrrole nitrogens is 1. The minimum Gasteiger partial charge on any atom is -0.369 e. The lowest BCUT2D eigenvalue weighted by molar-refractivity contribution is 0.128. The Morgan fingerprint density at radius 3 is 2.45 bits per heavy atom. The SMILES string of the molecule is COC(c1ccccc1)c1nc(=S)c(Br)c(C(C)C)[nH]1. The molecule has 0 radical (unpaired) electrons. The fourth-order valence-electron chi connectivity index (χ4n) is 2.05. The van der Waals surface area contributed by atoms with Crippen molar-refractivity contribution in [1.29, 1.82) is 0 Å². The van der Waals surface area contributed by atoms with Crippen LogP contribution >= 0.6 is 28.1 Å². The molecule has 1 N–H and O–H groups in total. The number of rotatable bonds is 4. The number of nitrogens with one attached hydrogen (secondary N) is 1. The van der Waals surface area contributed by atoms with Gasteiger partial charge in [-0.2, -0.15) is 0 Å². The number of aromatic nitrogens is 2. The maximum Gasteiger partial charge on any atom is 0.144 e. The van der Waals surface area contributed by atoms with E-state index in [4.69, 9.17) is 17.0 Å². The fraction of sp³-hybridized carbons (Fsp3) is 0.333. The summed E-state index contributed by atoms with van der Waals surface area (Å²) >= 11 is 8.83. The van der Waals surface area contributed by atoms with Crippen LogP contribution in [0, 0.1) is 4.64 Å². The monoisotopic (exact) mass is 352 g/mol. The van der Waals surface area contributed by atoms with Gasteiger partial charge in [-0.15, -0.1) is 0 Å². The molecule has 1 aromatic carbocycles. The van der Waals surface area contributed by atoms with Crippen LogP contribution in [0.1, 0.15) is 43.0 Å². The van der Waals surface area contributed by atoms with Crippen LogP contribution in [0.5, 0.6) is 0 Å². The number of halogens is 1. The van der Waals surface area contributed by atoms with Gasteiger partial charge in [0.15, 0.2) is 0 Å². The lowest BCUT2D eigenvalue weighted by Gasteiger charge is -2.18. The van der Waals surface area contributed by atoms with Crippen molar-refractivity contribution in [3.8, 4) is 0 Å². The van der Waals surface area contributed by atoms with Gasteiger partial charge in [-0.1, -0.05) is 56.4 Å². The molecule has 0 fully saturated rings. The Morgan fingerprint density at radius 2 is 1.90 bits per heavy atom. The lowest BCUT2D eigenvalue weighted by Crippen LogP contribution is -2.11. The summed E-state index contributed by atoms with van der Waals surface area (Å²) < 4.78 is 7.01. The molecule has 0 spiro atoms. The summed E-state index contributed by atoms with van der Waals surface area (Å²) in [5.41, 5.74) is 2.09. The summed E-state index contributed by atoms with van der Waals surface area (Å²) in [4.78, 5) is 7.80. The van der Waals surface area contributed by atoms with Crippen molar-refractivity contribution < 1.29 is 4.74 Å². The third-order valence-electron chi connectivity index (χ3n) is 3.07. The number of aromatic amines is 1. The summed E-state index contributed by atoms with van der Waals surface area (Å²) in [5, 5.41) is 0. The fourth-order valence-corrected chi connectivity index (χ4v) is 2.90. The van der Waals surface area contributed by atoms with Gasteiger partial charge in [0.1, 0.15) is 16.6 Å². The number of nitrogens with zero attached hydrogens (tertiary/aromatic N) is 1. The van der Waals surface area contributed by atoms with Crippen molar-refractivity contribution in [3.63, 3.8) is 0 Å². The molecular weight excluding hydrogens is 336 g/mol. The Balaban J connectivity index is 2.54. The van der Waals surface area contributed by atoms with E-state index < -0.39 is 0 Å². The topological polar surface area (TPSA) is 37.9 Å². The summed E-state index contributed by atoms with van der Waals surface area (Å²) in [6, 6.07) is 9.98. The molecule has 2 aromatic rings. The Labute approximate surface area is 132 Å². The first-order chi connectivity index (χ1) is 9.54. The van der Waals surface area contributed by atoms with Crippen LogP contribution in [0.15, 0.2) is 34.8 Å². The highest BCUT2D eigenvalue weighted by Gasteiger charge is 2.18. The molecule has 1 atom stereocenters. The van der Waals surface area contributed by atoms with Gasteiger partial charge >= 0.3 is 0 Å². The molecule has 20 heavy (non-hydrogen) atoms. The standard InChI is InChI=1S/C15H17BrN2OS/c1-9(2)12-11(16)15(20)18-14(17-12)13(19-3)10-7-5-4-6-8-10/h4-9,13H,1-3H3,(H,17,18,20). The van der Waals surface area contributed by atoms with Crippen LogP contribution in [-0.2, 0) is 4.74 Å². The molecule has 3 nitrogen and oxygen atoms in total. The van der Waals surface area contributed by atoms with E-state index in [1.165, 1.54) is 0 Å². The van der Waals surface area contributed by atoms with Gasteiger partial charge in [-0.25, -0.2) is 4.98 Å². The zero-order valence-corrected chi connectivity index (χ0v) is 14.1. The maximum absolute atomic E-state index is 5.60. The van der Waals surface area contributed by atoms with E-state index in [0.29, 0.717) is 10.6 Å². The van der Waals surface area contributed by atoms with Gasteiger partial charge in [0.25, 0.3) is 0 Å². The van der Waals surface area contributed by atoms with Gasteiger partial charge in [0.2, 0.25) is 0 Å². The Morgan fingerprint density at radius 1 is 1.25 bits per heavy atom. The van der Waals surface area contributed by atoms with Crippen molar-refractivity contribution in [1.82, 2.24) is 9.97 Å². The largest absolute Gasteiger partial charge is 0.369 e. The second-order valence-corrected chi connectivity index (χ2v) is 6.02. The van der Waals surface area contributed by atoms with E-state index in [9.17, 15) is 0 Å². The first-order valence-electron chi connectivity index (χ1n) is 6.42. The van der Waals surface area contributed by atoms with Crippen molar-refractivity contribution in [2.45, 2.75) is 25.9 Å². The molecule has 1 unspecified atom stereocenters. The molecule has 0 aliphatic carbocycles. The maximum atomic E-state index is 5.60. The third-order valence-corrected chi connectivity index (χ3v) is 4.43. The van der Waals surface area contributed by atoms with Crippen LogP contribution in [-0.4, -0.2) is 17.1 Å². The molecule has 0 saturated heterocycles. The number of methoxy groups -OCH3 is 1. The molecule has 0 aliphatic rings. The van der Waals surface area contributed by atoms with Crippen molar-refractivity contribution >= 4 is 28.1 Å². The molecule has 1 heterocycles. The second kappa shape index (κ2) is 6.61. The van der Waals surface area contributed by atoms with E-state index in [2.05, 4.69) is 39.7 Å². The quantitative estimate of drug-likeness (QED) is 0.806. The molecule has 106 valence electrons. The predicted octanol–water partition coefficient (Wildman–Crippen LogP) is 4.76. The molecule has 1 aromatic heterocycles. The summed E-state index contributed by atoms with van der Waals surface area (Å²) in [6.07, 6.45) is -0.247. The first-order valence-corrected chi connectivity index (χ1v) is 7.62. The molecule has 0 amide bonds. The van der Waals surface area contributed by atoms with Crippen molar-refractivity contribution in [3.05, 3.63) is 56.5 Å². The smallest absolute Gasteiger partial charge is 0.144 e. The summed E-state index contributed by atoms with van der Waals surface area (Å²) in [7, 11) is 1.67. The highest BCUT2D eigenvalue weighted by molar-refractivity contribution is 9.10. The Kier molecular flexibility index (Phi) is 5.07. The molecule has 0 aliphatic heterocycles. The van der Waals surface area contributed by atoms with Crippen molar-refractivity contribution in [2.75, 3.05) is 7.11 Å². The van der Waals surface area contributed by atoms with E-state index in [0.717, 1.165) is 21.6 Å². The van der Waals surface area contributed by atoms with Crippen LogP contribution in [0.2, 0.25) is 0 Å². The summed E-state index contributed by atoms with van der Waals surface area (Å²) in [6.45, 7) is 4.22. The molecule has 5 heteroatoms. The van der Waals surface area contributed by atoms with Gasteiger partial charge < -0.3 is 9.72 Å². The van der Waals surface area contributed by atoms with E-state index in [-0.39, 0.29) is 6.10 Å². The molecule has 2 rings (SSSR count). The zero-order chi connectivity index (χ0) is 14.7. The summed E-state index contributed by atoms with van der Waals surface area (Å²) in [5.74, 6) is 1.05. The van der Waals surface area contributed by atoms with Crippen LogP contribution < -0.4 is 0 Å². The average molecular weight is 353 g/mol. The number of ether oxygens (including phenoxy) is 1. The van der Waals surface area contributed by atoms with Crippen LogP contribution in [0.4, 0.5) is 0 Å². The minimum atomic E-state index is -0.247. The normalized spacial score (nSPS) is 12.7. The second-order valence-electron chi connectivity index (χ2n) is 4.84. The lowest BCUT2D eigenvalue weighted by atomic mass is 10.1. The van der Waals surface area contributed by atoms with Crippen LogP contribution in [0.3, 0.4) is 0 Å². The highest BCUT2D eigenvalue weighted by atomic mass is 79.9. The Hall–Kier alpha value is -1.04. The van der Waals surface area contributed by atoms with Gasteiger partial charge in [-0.3, -0.25) is 0 Å². The predicted molar refractivity (Wildman–Crippen MR) is 86.5 cm³/mol. The van der Waals surface area contributed by atoms with E-state index in [1.54, 1.807) is 7.11 Å². The van der Waals surface area contributed by atoms with Crippen molar-refractivity contribution in [2.24, 2.45) is 0 Å². The van der Waals surface area contributed by atoms with E-state index >= 15 is 0 Å². The average Bonchev–Trinajstić information content (AvgIpc) is 2.44. The zero-order valence-electron chi connectivity index (χ0n) is 11.7. The Bertz CT molecular complexity index is 640. The van der Waals surface area contributed by atoms with Gasteiger partial charge in [0.05, 0.1) is 4.47 Å². The molecular formula is C15H17BrN2OS. The number of benzene rings is 1. The third kappa shape index (κ3) is 3.16. The van der Waals surface area contributed by atoms with Gasteiger partial charge in [-0.05, 0) is 27.4 Å². The molecule has 0 saturated carbocycles. The number of hydrogen-bond donors (Lipinski definition) is 1.